The lowest BCUT2D eigenvalue weighted by Crippen LogP contribution is -2.02. The Bertz CT molecular complexity index is 780. The summed E-state index contributed by atoms with van der Waals surface area (Å²) in [5.74, 6) is -0.234. The Labute approximate surface area is 131 Å². The summed E-state index contributed by atoms with van der Waals surface area (Å²) in [6.07, 6.45) is 2.96. The molecule has 0 fully saturated rings. The van der Waals surface area contributed by atoms with Crippen LogP contribution >= 0.6 is 15.9 Å². The molecule has 1 heterocycles. The lowest BCUT2D eigenvalue weighted by molar-refractivity contribution is 0.619. The first-order chi connectivity index (χ1) is 10.2. The zero-order valence-corrected chi connectivity index (χ0v) is 13.1. The zero-order valence-electron chi connectivity index (χ0n) is 11.5. The van der Waals surface area contributed by atoms with E-state index in [1.807, 2.05) is 12.1 Å². The van der Waals surface area contributed by atoms with Crippen molar-refractivity contribution in [1.29, 1.82) is 0 Å². The predicted molar refractivity (Wildman–Crippen MR) is 87.9 cm³/mol. The number of rotatable bonds is 4. The van der Waals surface area contributed by atoms with Gasteiger partial charge >= 0.3 is 0 Å². The van der Waals surface area contributed by atoms with Crippen LogP contribution in [0.2, 0.25) is 0 Å². The average molecular weight is 347 g/mol. The Hall–Kier alpha value is -1.65. The van der Waals surface area contributed by atoms with Crippen LogP contribution in [-0.4, -0.2) is 11.1 Å². The quantitative estimate of drug-likeness (QED) is 0.757. The number of hydrogen-bond donors (Lipinski definition) is 1. The summed E-state index contributed by atoms with van der Waals surface area (Å²) in [5.41, 5.74) is 9.09. The van der Waals surface area contributed by atoms with E-state index in [1.165, 1.54) is 22.5 Å². The molecular weight excluding hydrogens is 331 g/mol. The van der Waals surface area contributed by atoms with Gasteiger partial charge in [-0.05, 0) is 75.7 Å². The average Bonchev–Trinajstić information content (AvgIpc) is 2.86. The number of nitrogens with two attached hydrogens (primary N) is 1. The van der Waals surface area contributed by atoms with Crippen molar-refractivity contribution >= 4 is 26.8 Å². The lowest BCUT2D eigenvalue weighted by atomic mass is 10.1. The van der Waals surface area contributed by atoms with Gasteiger partial charge in [0.05, 0.1) is 4.47 Å². The van der Waals surface area contributed by atoms with Crippen LogP contribution in [0.25, 0.3) is 10.9 Å². The highest BCUT2D eigenvalue weighted by atomic mass is 79.9. The Morgan fingerprint density at radius 2 is 1.86 bits per heavy atom. The van der Waals surface area contributed by atoms with E-state index < -0.39 is 0 Å². The SMILES string of the molecule is NCCc1ccc2c(ccn2Cc2ccc(F)c(Br)c2)c1. The third-order valence-corrected chi connectivity index (χ3v) is 4.21. The van der Waals surface area contributed by atoms with E-state index in [0.717, 1.165) is 18.5 Å². The van der Waals surface area contributed by atoms with Crippen molar-refractivity contribution in [3.05, 3.63) is 70.1 Å². The van der Waals surface area contributed by atoms with Crippen molar-refractivity contribution in [3.8, 4) is 0 Å². The van der Waals surface area contributed by atoms with E-state index in [4.69, 9.17) is 5.73 Å². The predicted octanol–water partition coefficient (Wildman–Crippen LogP) is 4.09. The first-order valence-electron chi connectivity index (χ1n) is 6.89. The molecule has 0 bridgehead atoms. The molecule has 0 aliphatic heterocycles. The second-order valence-corrected chi connectivity index (χ2v) is 5.98. The van der Waals surface area contributed by atoms with Gasteiger partial charge in [-0.25, -0.2) is 4.39 Å². The maximum Gasteiger partial charge on any atom is 0.137 e. The van der Waals surface area contributed by atoms with Crippen molar-refractivity contribution in [2.45, 2.75) is 13.0 Å². The van der Waals surface area contributed by atoms with Gasteiger partial charge in [0.1, 0.15) is 5.82 Å². The molecule has 3 aromatic rings. The molecule has 0 amide bonds. The van der Waals surface area contributed by atoms with Crippen molar-refractivity contribution in [2.24, 2.45) is 5.73 Å². The summed E-state index contributed by atoms with van der Waals surface area (Å²) < 4.78 is 16.0. The minimum Gasteiger partial charge on any atom is -0.343 e. The van der Waals surface area contributed by atoms with Crippen LogP contribution in [0, 0.1) is 5.82 Å². The summed E-state index contributed by atoms with van der Waals surface area (Å²) in [6.45, 7) is 1.38. The van der Waals surface area contributed by atoms with Gasteiger partial charge in [-0.15, -0.1) is 0 Å². The van der Waals surface area contributed by atoms with Crippen LogP contribution in [0.5, 0.6) is 0 Å². The number of nitrogens with zero attached hydrogens (tertiary/aromatic N) is 1. The van der Waals surface area contributed by atoms with Gasteiger partial charge in [-0.3, -0.25) is 0 Å². The van der Waals surface area contributed by atoms with Gasteiger partial charge in [-0.2, -0.15) is 0 Å². The third-order valence-electron chi connectivity index (χ3n) is 3.61. The molecule has 0 saturated carbocycles. The van der Waals surface area contributed by atoms with Crippen LogP contribution in [0.3, 0.4) is 0 Å². The van der Waals surface area contributed by atoms with Crippen LogP contribution in [0.1, 0.15) is 11.1 Å². The fourth-order valence-corrected chi connectivity index (χ4v) is 2.97. The molecule has 0 spiro atoms. The van der Waals surface area contributed by atoms with E-state index >= 15 is 0 Å². The fourth-order valence-electron chi connectivity index (χ4n) is 2.54. The lowest BCUT2D eigenvalue weighted by Gasteiger charge is -2.07. The van der Waals surface area contributed by atoms with E-state index in [-0.39, 0.29) is 5.82 Å². The maximum atomic E-state index is 13.3. The number of halogens is 2. The molecule has 0 atom stereocenters. The summed E-state index contributed by atoms with van der Waals surface area (Å²) in [7, 11) is 0. The Morgan fingerprint density at radius 1 is 1.05 bits per heavy atom. The van der Waals surface area contributed by atoms with E-state index in [9.17, 15) is 4.39 Å². The molecule has 2 aromatic carbocycles. The second-order valence-electron chi connectivity index (χ2n) is 5.12. The highest BCUT2D eigenvalue weighted by Crippen LogP contribution is 2.21. The van der Waals surface area contributed by atoms with Crippen LogP contribution in [0.15, 0.2) is 53.1 Å². The number of hydrogen-bond acceptors (Lipinski definition) is 1. The fraction of sp³-hybridized carbons (Fsp3) is 0.176. The van der Waals surface area contributed by atoms with E-state index in [2.05, 4.69) is 51.0 Å². The zero-order chi connectivity index (χ0) is 14.8. The molecule has 2 nitrogen and oxygen atoms in total. The molecule has 4 heteroatoms. The second kappa shape index (κ2) is 6.00. The molecule has 108 valence electrons. The van der Waals surface area contributed by atoms with Crippen LogP contribution in [0.4, 0.5) is 4.39 Å². The van der Waals surface area contributed by atoms with Gasteiger partial charge in [0.25, 0.3) is 0 Å². The van der Waals surface area contributed by atoms with Crippen molar-refractivity contribution in [1.82, 2.24) is 4.57 Å². The molecule has 0 aliphatic rings. The monoisotopic (exact) mass is 346 g/mol. The first-order valence-corrected chi connectivity index (χ1v) is 7.68. The van der Waals surface area contributed by atoms with Gasteiger partial charge in [0.2, 0.25) is 0 Å². The maximum absolute atomic E-state index is 13.3. The molecule has 0 unspecified atom stereocenters. The molecule has 0 saturated heterocycles. The number of aromatic nitrogens is 1. The first kappa shape index (κ1) is 14.3. The Kier molecular flexibility index (Phi) is 4.08. The van der Waals surface area contributed by atoms with Crippen molar-refractivity contribution in [2.75, 3.05) is 6.54 Å². The molecular formula is C17H16BrFN2. The summed E-state index contributed by atoms with van der Waals surface area (Å²) >= 11 is 3.23. The molecule has 3 rings (SSSR count). The van der Waals surface area contributed by atoms with E-state index in [1.54, 1.807) is 0 Å². The molecule has 2 N–H and O–H groups in total. The van der Waals surface area contributed by atoms with Gasteiger partial charge in [-0.1, -0.05) is 12.1 Å². The largest absolute Gasteiger partial charge is 0.343 e. The standard InChI is InChI=1S/C17H16BrFN2/c18-15-10-13(1-3-16(15)19)11-21-8-6-14-9-12(5-7-20)2-4-17(14)21/h1-4,6,8-10H,5,7,11,20H2. The normalized spacial score (nSPS) is 11.2. The minimum absolute atomic E-state index is 0.234. The topological polar surface area (TPSA) is 30.9 Å². The molecule has 21 heavy (non-hydrogen) atoms. The summed E-state index contributed by atoms with van der Waals surface area (Å²) in [5, 5.41) is 1.21. The highest BCUT2D eigenvalue weighted by Gasteiger charge is 2.05. The third kappa shape index (κ3) is 3.01. The van der Waals surface area contributed by atoms with Crippen molar-refractivity contribution in [3.63, 3.8) is 0 Å². The highest BCUT2D eigenvalue weighted by molar-refractivity contribution is 9.10. The Morgan fingerprint density at radius 3 is 2.62 bits per heavy atom. The van der Waals surface area contributed by atoms with Gasteiger partial charge < -0.3 is 10.3 Å². The van der Waals surface area contributed by atoms with Gasteiger partial charge in [0, 0.05) is 18.3 Å². The summed E-state index contributed by atoms with van der Waals surface area (Å²) in [6, 6.07) is 13.7. The summed E-state index contributed by atoms with van der Waals surface area (Å²) in [4.78, 5) is 0. The van der Waals surface area contributed by atoms with E-state index in [0.29, 0.717) is 11.0 Å². The molecule has 0 aliphatic carbocycles. The van der Waals surface area contributed by atoms with Crippen LogP contribution in [-0.2, 0) is 13.0 Å². The van der Waals surface area contributed by atoms with Gasteiger partial charge in [0.15, 0.2) is 0 Å². The Balaban J connectivity index is 1.91. The van der Waals surface area contributed by atoms with Crippen molar-refractivity contribution < 1.29 is 4.39 Å². The number of benzene rings is 2. The smallest absolute Gasteiger partial charge is 0.137 e. The molecule has 0 radical (unpaired) electrons. The minimum atomic E-state index is -0.234. The number of fused-ring (bicyclic) bond motifs is 1. The molecule has 1 aromatic heterocycles. The van der Waals surface area contributed by atoms with Crippen LogP contribution < -0.4 is 5.73 Å².